The first-order valence-electron chi connectivity index (χ1n) is 5.50. The molecule has 0 aromatic carbocycles. The molecule has 2 heterocycles. The summed E-state index contributed by atoms with van der Waals surface area (Å²) in [7, 11) is 0. The van der Waals surface area contributed by atoms with Gasteiger partial charge in [0.1, 0.15) is 5.69 Å². The molecule has 92 valence electrons. The Balaban J connectivity index is 2.08. The van der Waals surface area contributed by atoms with Crippen molar-refractivity contribution >= 4 is 5.91 Å². The molecule has 7 nitrogen and oxygen atoms in total. The second-order valence-electron chi connectivity index (χ2n) is 4.02. The number of aromatic nitrogens is 2. The van der Waals surface area contributed by atoms with E-state index in [1.54, 1.807) is 0 Å². The van der Waals surface area contributed by atoms with Crippen LogP contribution >= 0.6 is 0 Å². The molecule has 4 N–H and O–H groups in total. The van der Waals surface area contributed by atoms with E-state index < -0.39 is 17.2 Å². The van der Waals surface area contributed by atoms with E-state index in [0.717, 1.165) is 25.5 Å². The number of piperidine rings is 1. The van der Waals surface area contributed by atoms with Gasteiger partial charge in [0.25, 0.3) is 11.5 Å². The van der Waals surface area contributed by atoms with Crippen molar-refractivity contribution < 1.29 is 4.79 Å². The van der Waals surface area contributed by atoms with Crippen LogP contribution in [0.25, 0.3) is 0 Å². The predicted octanol–water partition coefficient (Wildman–Crippen LogP) is -1.45. The quantitative estimate of drug-likeness (QED) is 0.505. The van der Waals surface area contributed by atoms with E-state index in [4.69, 9.17) is 0 Å². The summed E-state index contributed by atoms with van der Waals surface area (Å²) in [5.74, 6) is -0.429. The van der Waals surface area contributed by atoms with Gasteiger partial charge in [-0.05, 0) is 19.4 Å². The highest BCUT2D eigenvalue weighted by molar-refractivity contribution is 5.92. The van der Waals surface area contributed by atoms with Crippen LogP contribution in [0.1, 0.15) is 23.3 Å². The van der Waals surface area contributed by atoms with Gasteiger partial charge < -0.3 is 15.6 Å². The average molecular weight is 238 g/mol. The highest BCUT2D eigenvalue weighted by Crippen LogP contribution is 2.01. The van der Waals surface area contributed by atoms with Crippen LogP contribution < -0.4 is 21.9 Å². The molecule has 1 aliphatic heterocycles. The number of nitrogens with one attached hydrogen (secondary N) is 4. The van der Waals surface area contributed by atoms with Gasteiger partial charge in [0.05, 0.1) is 0 Å². The highest BCUT2D eigenvalue weighted by Gasteiger charge is 2.17. The molecule has 1 aromatic rings. The maximum Gasteiger partial charge on any atom is 0.326 e. The molecule has 1 amide bonds. The summed E-state index contributed by atoms with van der Waals surface area (Å²) in [4.78, 5) is 38.1. The Bertz CT molecular complexity index is 485. The van der Waals surface area contributed by atoms with Gasteiger partial charge in [-0.15, -0.1) is 0 Å². The second kappa shape index (κ2) is 4.96. The Labute approximate surface area is 96.6 Å². The zero-order valence-corrected chi connectivity index (χ0v) is 9.21. The van der Waals surface area contributed by atoms with Crippen LogP contribution in [-0.4, -0.2) is 35.0 Å². The molecule has 0 unspecified atom stereocenters. The minimum Gasteiger partial charge on any atom is -0.347 e. The lowest BCUT2D eigenvalue weighted by Gasteiger charge is -2.23. The molecular weight excluding hydrogens is 224 g/mol. The molecule has 0 bridgehead atoms. The summed E-state index contributed by atoms with van der Waals surface area (Å²) < 4.78 is 0. The molecule has 1 fully saturated rings. The smallest absolute Gasteiger partial charge is 0.326 e. The number of hydrogen-bond donors (Lipinski definition) is 4. The predicted molar refractivity (Wildman–Crippen MR) is 61.0 cm³/mol. The number of amides is 1. The number of hydrogen-bond acceptors (Lipinski definition) is 4. The summed E-state index contributed by atoms with van der Waals surface area (Å²) in [6.07, 6.45) is 1.89. The fraction of sp³-hybridized carbons (Fsp3) is 0.500. The van der Waals surface area contributed by atoms with Gasteiger partial charge in [-0.3, -0.25) is 14.6 Å². The average Bonchev–Trinajstić information content (AvgIpc) is 2.29. The maximum absolute atomic E-state index is 11.8. The Morgan fingerprint density at radius 1 is 1.35 bits per heavy atom. The first kappa shape index (κ1) is 11.6. The van der Waals surface area contributed by atoms with Crippen LogP contribution in [0.3, 0.4) is 0 Å². The third-order valence-corrected chi connectivity index (χ3v) is 2.64. The summed E-state index contributed by atoms with van der Waals surface area (Å²) >= 11 is 0. The SMILES string of the molecule is O=C(N[C@@H]1CCCNC1)c1cc(=O)[nH]c(=O)[nH]1. The molecule has 1 atom stereocenters. The number of aromatic amines is 2. The van der Waals surface area contributed by atoms with Crippen molar-refractivity contribution in [2.24, 2.45) is 0 Å². The molecule has 2 rings (SSSR count). The second-order valence-corrected chi connectivity index (χ2v) is 4.02. The van der Waals surface area contributed by atoms with Gasteiger partial charge >= 0.3 is 5.69 Å². The molecule has 7 heteroatoms. The van der Waals surface area contributed by atoms with Gasteiger partial charge in [0.15, 0.2) is 0 Å². The van der Waals surface area contributed by atoms with Gasteiger partial charge in [0.2, 0.25) is 0 Å². The molecule has 0 aliphatic carbocycles. The van der Waals surface area contributed by atoms with Crippen LogP contribution in [0.4, 0.5) is 0 Å². The fourth-order valence-corrected chi connectivity index (χ4v) is 1.83. The number of carbonyl (C=O) groups is 1. The first-order chi connectivity index (χ1) is 8.15. The molecule has 0 radical (unpaired) electrons. The minimum atomic E-state index is -0.676. The van der Waals surface area contributed by atoms with Crippen LogP contribution in [0.15, 0.2) is 15.7 Å². The lowest BCUT2D eigenvalue weighted by atomic mass is 10.1. The zero-order chi connectivity index (χ0) is 12.3. The van der Waals surface area contributed by atoms with E-state index in [-0.39, 0.29) is 11.7 Å². The summed E-state index contributed by atoms with van der Waals surface area (Å²) in [6.45, 7) is 1.66. The molecule has 1 aromatic heterocycles. The fourth-order valence-electron chi connectivity index (χ4n) is 1.83. The Hall–Kier alpha value is -1.89. The van der Waals surface area contributed by atoms with E-state index in [0.29, 0.717) is 6.54 Å². The third-order valence-electron chi connectivity index (χ3n) is 2.64. The Morgan fingerprint density at radius 3 is 2.82 bits per heavy atom. The number of H-pyrrole nitrogens is 2. The van der Waals surface area contributed by atoms with Gasteiger partial charge in [0, 0.05) is 18.7 Å². The lowest BCUT2D eigenvalue weighted by Crippen LogP contribution is -2.46. The van der Waals surface area contributed by atoms with Crippen molar-refractivity contribution in [1.82, 2.24) is 20.6 Å². The standard InChI is InChI=1S/C10H14N4O3/c15-8-4-7(13-10(17)14-8)9(16)12-6-2-1-3-11-5-6/h4,6,11H,1-3,5H2,(H,12,16)(H2,13,14,15,17)/t6-/m1/s1. The lowest BCUT2D eigenvalue weighted by molar-refractivity contribution is 0.0925. The van der Waals surface area contributed by atoms with Gasteiger partial charge in [-0.25, -0.2) is 4.79 Å². The first-order valence-corrected chi connectivity index (χ1v) is 5.50. The van der Waals surface area contributed by atoms with Gasteiger partial charge in [-0.2, -0.15) is 0 Å². The molecular formula is C10H14N4O3. The molecule has 1 aliphatic rings. The van der Waals surface area contributed by atoms with E-state index in [9.17, 15) is 14.4 Å². The van der Waals surface area contributed by atoms with Crippen molar-refractivity contribution in [3.8, 4) is 0 Å². The summed E-state index contributed by atoms with van der Waals surface area (Å²) in [6, 6.07) is 1.12. The van der Waals surface area contributed by atoms with E-state index in [1.807, 2.05) is 4.98 Å². The van der Waals surface area contributed by atoms with Crippen molar-refractivity contribution in [3.63, 3.8) is 0 Å². The van der Waals surface area contributed by atoms with Gasteiger partial charge in [-0.1, -0.05) is 0 Å². The van der Waals surface area contributed by atoms with E-state index in [2.05, 4.69) is 15.6 Å². The molecule has 0 spiro atoms. The van der Waals surface area contributed by atoms with Crippen molar-refractivity contribution in [3.05, 3.63) is 32.6 Å². The van der Waals surface area contributed by atoms with Crippen LogP contribution in [0.2, 0.25) is 0 Å². The third kappa shape index (κ3) is 3.04. The number of rotatable bonds is 2. The summed E-state index contributed by atoms with van der Waals surface area (Å²) in [5, 5.41) is 5.93. The molecule has 0 saturated carbocycles. The van der Waals surface area contributed by atoms with Crippen LogP contribution in [-0.2, 0) is 0 Å². The van der Waals surface area contributed by atoms with Crippen molar-refractivity contribution in [1.29, 1.82) is 0 Å². The molecule has 1 saturated heterocycles. The Morgan fingerprint density at radius 2 is 2.18 bits per heavy atom. The monoisotopic (exact) mass is 238 g/mol. The largest absolute Gasteiger partial charge is 0.347 e. The zero-order valence-electron chi connectivity index (χ0n) is 9.21. The summed E-state index contributed by atoms with van der Waals surface area (Å²) in [5.41, 5.74) is -1.27. The minimum absolute atomic E-state index is 0.00989. The molecule has 17 heavy (non-hydrogen) atoms. The highest BCUT2D eigenvalue weighted by atomic mass is 16.2. The maximum atomic E-state index is 11.8. The Kier molecular flexibility index (Phi) is 3.38. The number of carbonyl (C=O) groups excluding carboxylic acids is 1. The van der Waals surface area contributed by atoms with E-state index >= 15 is 0 Å². The van der Waals surface area contributed by atoms with Crippen molar-refractivity contribution in [2.75, 3.05) is 13.1 Å². The van der Waals surface area contributed by atoms with Crippen LogP contribution in [0.5, 0.6) is 0 Å². The van der Waals surface area contributed by atoms with E-state index in [1.165, 1.54) is 0 Å². The normalized spacial score (nSPS) is 19.9. The van der Waals surface area contributed by atoms with Crippen LogP contribution in [0, 0.1) is 0 Å². The topological polar surface area (TPSA) is 107 Å². The van der Waals surface area contributed by atoms with Crippen molar-refractivity contribution in [2.45, 2.75) is 18.9 Å².